The molecule has 94 valence electrons. The minimum absolute atomic E-state index is 0.163. The smallest absolute Gasteiger partial charge is 0.0441 e. The van der Waals surface area contributed by atoms with Gasteiger partial charge in [-0.2, -0.15) is 11.8 Å². The molecule has 0 aliphatic carbocycles. The van der Waals surface area contributed by atoms with Gasteiger partial charge in [-0.3, -0.25) is 0 Å². The van der Waals surface area contributed by atoms with Crippen LogP contribution >= 0.6 is 11.8 Å². The van der Waals surface area contributed by atoms with Crippen LogP contribution in [0.5, 0.6) is 0 Å². The minimum atomic E-state index is 0.163. The van der Waals surface area contributed by atoms with Gasteiger partial charge in [0.15, 0.2) is 0 Å². The summed E-state index contributed by atoms with van der Waals surface area (Å²) in [6.07, 6.45) is 2.55. The zero-order chi connectivity index (χ0) is 12.5. The number of hydrogen-bond acceptors (Lipinski definition) is 2. The molecule has 0 spiro atoms. The predicted molar refractivity (Wildman–Crippen MR) is 77.6 cm³/mol. The van der Waals surface area contributed by atoms with Crippen molar-refractivity contribution in [2.24, 2.45) is 5.73 Å². The Balaban J connectivity index is 2.16. The first-order chi connectivity index (χ1) is 8.03. The van der Waals surface area contributed by atoms with Crippen LogP contribution in [0.3, 0.4) is 0 Å². The Bertz CT molecular complexity index is 363. The topological polar surface area (TPSA) is 26.0 Å². The van der Waals surface area contributed by atoms with E-state index in [1.807, 2.05) is 11.8 Å². The summed E-state index contributed by atoms with van der Waals surface area (Å²) in [6, 6.07) is 9.04. The summed E-state index contributed by atoms with van der Waals surface area (Å²) in [5, 5.41) is 0. The van der Waals surface area contributed by atoms with E-state index in [1.54, 1.807) is 0 Å². The van der Waals surface area contributed by atoms with Gasteiger partial charge in [0, 0.05) is 10.8 Å². The highest BCUT2D eigenvalue weighted by Gasteiger charge is 2.36. The lowest BCUT2D eigenvalue weighted by atomic mass is 9.90. The van der Waals surface area contributed by atoms with Crippen molar-refractivity contribution in [1.29, 1.82) is 0 Å². The molecule has 17 heavy (non-hydrogen) atoms. The van der Waals surface area contributed by atoms with Gasteiger partial charge in [-0.05, 0) is 42.6 Å². The van der Waals surface area contributed by atoms with Gasteiger partial charge < -0.3 is 5.73 Å². The summed E-state index contributed by atoms with van der Waals surface area (Å²) in [5.41, 5.74) is 9.12. The SMILES string of the molecule is CC(C)c1ccc(C(N)C2(C)CCCS2)cc1. The maximum atomic E-state index is 6.44. The Morgan fingerprint density at radius 1 is 1.18 bits per heavy atom. The fraction of sp³-hybridized carbons (Fsp3) is 0.600. The molecule has 1 aromatic rings. The third-order valence-electron chi connectivity index (χ3n) is 3.87. The standard InChI is InChI=1S/C15H23NS/c1-11(2)12-5-7-13(8-6-12)14(16)15(3)9-4-10-17-15/h5-8,11,14H,4,9-10,16H2,1-3H3. The Hall–Kier alpha value is -0.470. The van der Waals surface area contributed by atoms with Crippen LogP contribution in [0.25, 0.3) is 0 Å². The molecule has 0 saturated carbocycles. The summed E-state index contributed by atoms with van der Waals surface area (Å²) in [5.74, 6) is 1.85. The molecule has 2 rings (SSSR count). The second kappa shape index (κ2) is 5.03. The molecule has 1 saturated heterocycles. The van der Waals surface area contributed by atoms with Gasteiger partial charge in [0.2, 0.25) is 0 Å². The molecule has 1 aliphatic rings. The van der Waals surface area contributed by atoms with Gasteiger partial charge in [0.1, 0.15) is 0 Å². The fourth-order valence-corrected chi connectivity index (χ4v) is 3.85. The van der Waals surface area contributed by atoms with Crippen LogP contribution in [0.1, 0.15) is 56.7 Å². The number of thioether (sulfide) groups is 1. The first kappa shape index (κ1) is 13.0. The fourth-order valence-electron chi connectivity index (χ4n) is 2.49. The molecule has 2 N–H and O–H groups in total. The van der Waals surface area contributed by atoms with E-state index in [-0.39, 0.29) is 10.8 Å². The highest BCUT2D eigenvalue weighted by molar-refractivity contribution is 8.00. The monoisotopic (exact) mass is 249 g/mol. The molecule has 2 heteroatoms. The van der Waals surface area contributed by atoms with Crippen LogP contribution in [0.15, 0.2) is 24.3 Å². The van der Waals surface area contributed by atoms with Crippen molar-refractivity contribution >= 4 is 11.8 Å². The summed E-state index contributed by atoms with van der Waals surface area (Å²) in [4.78, 5) is 0. The average molecular weight is 249 g/mol. The molecular weight excluding hydrogens is 226 g/mol. The number of nitrogens with two attached hydrogens (primary N) is 1. The van der Waals surface area contributed by atoms with Crippen LogP contribution in [0.2, 0.25) is 0 Å². The van der Waals surface area contributed by atoms with Crippen molar-refractivity contribution in [3.05, 3.63) is 35.4 Å². The highest BCUT2D eigenvalue weighted by Crippen LogP contribution is 2.45. The first-order valence-electron chi connectivity index (χ1n) is 6.52. The van der Waals surface area contributed by atoms with E-state index in [0.717, 1.165) is 0 Å². The Kier molecular flexibility index (Phi) is 3.84. The van der Waals surface area contributed by atoms with E-state index >= 15 is 0 Å². The molecule has 2 unspecified atom stereocenters. The van der Waals surface area contributed by atoms with E-state index in [9.17, 15) is 0 Å². The molecule has 1 aromatic carbocycles. The van der Waals surface area contributed by atoms with Crippen LogP contribution in [-0.2, 0) is 0 Å². The van der Waals surface area contributed by atoms with Gasteiger partial charge in [-0.15, -0.1) is 0 Å². The second-order valence-corrected chi connectivity index (χ2v) is 7.19. The molecule has 1 fully saturated rings. The zero-order valence-corrected chi connectivity index (χ0v) is 11.9. The molecular formula is C15H23NS. The predicted octanol–water partition coefficient (Wildman–Crippen LogP) is 4.10. The van der Waals surface area contributed by atoms with E-state index in [2.05, 4.69) is 45.0 Å². The van der Waals surface area contributed by atoms with E-state index in [1.165, 1.54) is 29.7 Å². The van der Waals surface area contributed by atoms with Crippen molar-refractivity contribution in [3.63, 3.8) is 0 Å². The first-order valence-corrected chi connectivity index (χ1v) is 7.51. The van der Waals surface area contributed by atoms with Gasteiger partial charge in [0.25, 0.3) is 0 Å². The number of rotatable bonds is 3. The van der Waals surface area contributed by atoms with Gasteiger partial charge >= 0.3 is 0 Å². The third-order valence-corrected chi connectivity index (χ3v) is 5.48. The molecule has 0 amide bonds. The lowest BCUT2D eigenvalue weighted by Crippen LogP contribution is -2.33. The van der Waals surface area contributed by atoms with Crippen molar-refractivity contribution < 1.29 is 0 Å². The van der Waals surface area contributed by atoms with Gasteiger partial charge in [-0.1, -0.05) is 38.1 Å². The summed E-state index contributed by atoms with van der Waals surface area (Å²) in [6.45, 7) is 6.76. The maximum Gasteiger partial charge on any atom is 0.0441 e. The zero-order valence-electron chi connectivity index (χ0n) is 11.1. The average Bonchev–Trinajstić information content (AvgIpc) is 2.76. The van der Waals surface area contributed by atoms with Crippen LogP contribution in [0, 0.1) is 0 Å². The van der Waals surface area contributed by atoms with E-state index < -0.39 is 0 Å². The molecule has 2 atom stereocenters. The molecule has 1 nitrogen and oxygen atoms in total. The van der Waals surface area contributed by atoms with Crippen molar-refractivity contribution in [1.82, 2.24) is 0 Å². The summed E-state index contributed by atoms with van der Waals surface area (Å²) in [7, 11) is 0. The van der Waals surface area contributed by atoms with Crippen molar-refractivity contribution in [2.45, 2.75) is 50.3 Å². The Morgan fingerprint density at radius 2 is 1.76 bits per heavy atom. The van der Waals surface area contributed by atoms with E-state index in [0.29, 0.717) is 5.92 Å². The number of benzene rings is 1. The van der Waals surface area contributed by atoms with Gasteiger partial charge in [-0.25, -0.2) is 0 Å². The Morgan fingerprint density at radius 3 is 2.24 bits per heavy atom. The van der Waals surface area contributed by atoms with Crippen molar-refractivity contribution in [2.75, 3.05) is 5.75 Å². The molecule has 0 radical (unpaired) electrons. The van der Waals surface area contributed by atoms with E-state index in [4.69, 9.17) is 5.73 Å². The van der Waals surface area contributed by atoms with Crippen LogP contribution in [0.4, 0.5) is 0 Å². The second-order valence-electron chi connectivity index (χ2n) is 5.56. The third kappa shape index (κ3) is 2.69. The lowest BCUT2D eigenvalue weighted by molar-refractivity contribution is 0.502. The summed E-state index contributed by atoms with van der Waals surface area (Å²) >= 11 is 2.03. The van der Waals surface area contributed by atoms with Gasteiger partial charge in [0.05, 0.1) is 0 Å². The number of hydrogen-bond donors (Lipinski definition) is 1. The molecule has 0 aromatic heterocycles. The minimum Gasteiger partial charge on any atom is -0.323 e. The normalized spacial score (nSPS) is 26.4. The highest BCUT2D eigenvalue weighted by atomic mass is 32.2. The van der Waals surface area contributed by atoms with Crippen molar-refractivity contribution in [3.8, 4) is 0 Å². The quantitative estimate of drug-likeness (QED) is 0.873. The van der Waals surface area contributed by atoms with Crippen LogP contribution in [-0.4, -0.2) is 10.5 Å². The lowest BCUT2D eigenvalue weighted by Gasteiger charge is -2.30. The largest absolute Gasteiger partial charge is 0.323 e. The van der Waals surface area contributed by atoms with Crippen LogP contribution < -0.4 is 5.73 Å². The Labute approximate surface area is 109 Å². The molecule has 0 bridgehead atoms. The molecule has 1 heterocycles. The summed E-state index contributed by atoms with van der Waals surface area (Å²) < 4.78 is 0.235. The molecule has 1 aliphatic heterocycles. The maximum absolute atomic E-state index is 6.44.